The second kappa shape index (κ2) is 6.85. The molecule has 0 aromatic heterocycles. The number of amides is 1. The Bertz CT molecular complexity index is 479. The number of likely N-dealkylation sites (tertiary alicyclic amines) is 1. The molecule has 1 fully saturated rings. The van der Waals surface area contributed by atoms with E-state index in [4.69, 9.17) is 5.73 Å². The largest absolute Gasteiger partial charge is 0.435 e. The number of hydrogen-bond donors (Lipinski definition) is 1. The second-order valence-corrected chi connectivity index (χ2v) is 5.43. The van der Waals surface area contributed by atoms with Crippen LogP contribution in [0, 0.1) is 5.92 Å². The van der Waals surface area contributed by atoms with Crippen LogP contribution in [-0.4, -0.2) is 36.5 Å². The summed E-state index contributed by atoms with van der Waals surface area (Å²) in [5.74, 6) is 0.505. The molecule has 0 aliphatic carbocycles. The minimum absolute atomic E-state index is 0.0426. The summed E-state index contributed by atoms with van der Waals surface area (Å²) < 4.78 is 28.4. The van der Waals surface area contributed by atoms with E-state index in [9.17, 15) is 13.6 Å². The van der Waals surface area contributed by atoms with Crippen molar-refractivity contribution in [3.63, 3.8) is 0 Å². The molecule has 1 amide bonds. The van der Waals surface area contributed by atoms with Gasteiger partial charge in [0, 0.05) is 12.6 Å². The van der Waals surface area contributed by atoms with E-state index < -0.39 is 6.61 Å². The molecule has 2 atom stereocenters. The van der Waals surface area contributed by atoms with E-state index in [0.29, 0.717) is 19.0 Å². The highest BCUT2D eigenvalue weighted by atomic mass is 19.3. The molecule has 2 unspecified atom stereocenters. The maximum Gasteiger partial charge on any atom is 0.387 e. The Morgan fingerprint density at radius 3 is 2.62 bits per heavy atom. The standard InChI is InChI=1S/C15H20F2N2O2/c1-10-6-12(8-18)9-19(10)14(20)7-11-2-4-13(5-3-11)21-15(16)17/h2-5,10,12,15H,6-9,18H2,1H3. The van der Waals surface area contributed by atoms with E-state index in [0.717, 1.165) is 12.0 Å². The van der Waals surface area contributed by atoms with Gasteiger partial charge in [-0.15, -0.1) is 0 Å². The zero-order chi connectivity index (χ0) is 15.4. The first-order chi connectivity index (χ1) is 9.99. The van der Waals surface area contributed by atoms with Gasteiger partial charge in [0.15, 0.2) is 0 Å². The molecule has 0 saturated carbocycles. The van der Waals surface area contributed by atoms with E-state index in [-0.39, 0.29) is 24.1 Å². The van der Waals surface area contributed by atoms with Crippen LogP contribution in [-0.2, 0) is 11.2 Å². The van der Waals surface area contributed by atoms with Crippen molar-refractivity contribution < 1.29 is 18.3 Å². The van der Waals surface area contributed by atoms with Gasteiger partial charge >= 0.3 is 6.61 Å². The lowest BCUT2D eigenvalue weighted by Crippen LogP contribution is -2.35. The summed E-state index contributed by atoms with van der Waals surface area (Å²) in [7, 11) is 0. The highest BCUT2D eigenvalue weighted by molar-refractivity contribution is 5.79. The monoisotopic (exact) mass is 298 g/mol. The highest BCUT2D eigenvalue weighted by Crippen LogP contribution is 2.23. The van der Waals surface area contributed by atoms with Gasteiger partial charge in [-0.25, -0.2) is 0 Å². The van der Waals surface area contributed by atoms with Gasteiger partial charge in [0.05, 0.1) is 6.42 Å². The second-order valence-electron chi connectivity index (χ2n) is 5.43. The molecule has 1 saturated heterocycles. The summed E-state index contributed by atoms with van der Waals surface area (Å²) in [6.45, 7) is 0.473. The number of rotatable bonds is 5. The van der Waals surface area contributed by atoms with Gasteiger partial charge in [0.25, 0.3) is 0 Å². The van der Waals surface area contributed by atoms with Crippen molar-refractivity contribution >= 4 is 5.91 Å². The Labute approximate surface area is 122 Å². The quantitative estimate of drug-likeness (QED) is 0.905. The topological polar surface area (TPSA) is 55.6 Å². The summed E-state index contributed by atoms with van der Waals surface area (Å²) in [5, 5.41) is 0. The Hall–Kier alpha value is -1.69. The highest BCUT2D eigenvalue weighted by Gasteiger charge is 2.31. The van der Waals surface area contributed by atoms with E-state index in [2.05, 4.69) is 4.74 Å². The maximum absolute atomic E-state index is 12.3. The third kappa shape index (κ3) is 4.14. The molecule has 0 spiro atoms. The number of hydrogen-bond acceptors (Lipinski definition) is 3. The minimum Gasteiger partial charge on any atom is -0.435 e. The summed E-state index contributed by atoms with van der Waals surface area (Å²) in [5.41, 5.74) is 6.44. The molecule has 1 aliphatic heterocycles. The molecular weight excluding hydrogens is 278 g/mol. The first-order valence-corrected chi connectivity index (χ1v) is 7.03. The summed E-state index contributed by atoms with van der Waals surface area (Å²) in [4.78, 5) is 14.1. The number of carbonyl (C=O) groups is 1. The van der Waals surface area contributed by atoms with Crippen molar-refractivity contribution in [3.05, 3.63) is 29.8 Å². The van der Waals surface area contributed by atoms with Gasteiger partial charge < -0.3 is 15.4 Å². The zero-order valence-corrected chi connectivity index (χ0v) is 12.0. The van der Waals surface area contributed by atoms with Crippen LogP contribution >= 0.6 is 0 Å². The SMILES string of the molecule is CC1CC(CN)CN1C(=O)Cc1ccc(OC(F)F)cc1. The fraction of sp³-hybridized carbons (Fsp3) is 0.533. The lowest BCUT2D eigenvalue weighted by molar-refractivity contribution is -0.131. The maximum atomic E-state index is 12.3. The molecule has 1 heterocycles. The summed E-state index contributed by atoms with van der Waals surface area (Å²) in [6, 6.07) is 6.37. The van der Waals surface area contributed by atoms with Crippen molar-refractivity contribution in [2.75, 3.05) is 13.1 Å². The van der Waals surface area contributed by atoms with Crippen molar-refractivity contribution in [3.8, 4) is 5.75 Å². The van der Waals surface area contributed by atoms with E-state index in [1.165, 1.54) is 12.1 Å². The normalized spacial score (nSPS) is 21.9. The molecule has 21 heavy (non-hydrogen) atoms. The lowest BCUT2D eigenvalue weighted by atomic mass is 10.1. The average Bonchev–Trinajstić information content (AvgIpc) is 2.82. The third-order valence-corrected chi connectivity index (χ3v) is 3.82. The van der Waals surface area contributed by atoms with Gasteiger partial charge in [-0.2, -0.15) is 8.78 Å². The molecule has 0 radical (unpaired) electrons. The average molecular weight is 298 g/mol. The van der Waals surface area contributed by atoms with Gasteiger partial charge in [0.1, 0.15) is 5.75 Å². The van der Waals surface area contributed by atoms with E-state index in [1.54, 1.807) is 12.1 Å². The number of nitrogens with two attached hydrogens (primary N) is 1. The van der Waals surface area contributed by atoms with Crippen LogP contribution in [0.15, 0.2) is 24.3 Å². The van der Waals surface area contributed by atoms with Crippen LogP contribution in [0.2, 0.25) is 0 Å². The fourth-order valence-electron chi connectivity index (χ4n) is 2.73. The Balaban J connectivity index is 1.93. The molecule has 1 aliphatic rings. The number of benzene rings is 1. The van der Waals surface area contributed by atoms with Crippen molar-refractivity contribution in [2.45, 2.75) is 32.4 Å². The van der Waals surface area contributed by atoms with Gasteiger partial charge in [-0.3, -0.25) is 4.79 Å². The summed E-state index contributed by atoms with van der Waals surface area (Å²) >= 11 is 0. The van der Waals surface area contributed by atoms with Gasteiger partial charge in [-0.05, 0) is 43.5 Å². The van der Waals surface area contributed by atoms with Crippen LogP contribution in [0.3, 0.4) is 0 Å². The minimum atomic E-state index is -2.84. The van der Waals surface area contributed by atoms with Crippen LogP contribution in [0.5, 0.6) is 5.75 Å². The first kappa shape index (κ1) is 15.7. The van der Waals surface area contributed by atoms with E-state index in [1.807, 2.05) is 11.8 Å². The molecule has 1 aromatic carbocycles. The zero-order valence-electron chi connectivity index (χ0n) is 12.0. The lowest BCUT2D eigenvalue weighted by Gasteiger charge is -2.21. The predicted octanol–water partition coefficient (Wildman–Crippen LogP) is 2.03. The smallest absolute Gasteiger partial charge is 0.387 e. The third-order valence-electron chi connectivity index (χ3n) is 3.82. The van der Waals surface area contributed by atoms with Gasteiger partial charge in [-0.1, -0.05) is 12.1 Å². The molecule has 6 heteroatoms. The molecule has 2 N–H and O–H groups in total. The van der Waals surface area contributed by atoms with Crippen LogP contribution in [0.4, 0.5) is 8.78 Å². The Morgan fingerprint density at radius 2 is 2.10 bits per heavy atom. The van der Waals surface area contributed by atoms with Crippen LogP contribution in [0.25, 0.3) is 0 Å². The first-order valence-electron chi connectivity index (χ1n) is 7.03. The van der Waals surface area contributed by atoms with Crippen LogP contribution < -0.4 is 10.5 Å². The van der Waals surface area contributed by atoms with E-state index >= 15 is 0 Å². The number of nitrogens with zero attached hydrogens (tertiary/aromatic N) is 1. The van der Waals surface area contributed by atoms with Crippen molar-refractivity contribution in [1.82, 2.24) is 4.90 Å². The molecule has 0 bridgehead atoms. The van der Waals surface area contributed by atoms with Crippen molar-refractivity contribution in [1.29, 1.82) is 0 Å². The van der Waals surface area contributed by atoms with Crippen molar-refractivity contribution in [2.24, 2.45) is 11.7 Å². The number of alkyl halides is 2. The predicted molar refractivity (Wildman–Crippen MR) is 75.1 cm³/mol. The molecule has 2 rings (SSSR count). The fourth-order valence-corrected chi connectivity index (χ4v) is 2.73. The van der Waals surface area contributed by atoms with Gasteiger partial charge in [0.2, 0.25) is 5.91 Å². The Morgan fingerprint density at radius 1 is 1.43 bits per heavy atom. The molecule has 116 valence electrons. The Kier molecular flexibility index (Phi) is 5.12. The van der Waals surface area contributed by atoms with Crippen LogP contribution in [0.1, 0.15) is 18.9 Å². The number of halogens is 2. The molecule has 4 nitrogen and oxygen atoms in total. The number of carbonyl (C=O) groups excluding carboxylic acids is 1. The molecule has 1 aromatic rings. The summed E-state index contributed by atoms with van der Waals surface area (Å²) in [6.07, 6.45) is 1.19. The number of ether oxygens (including phenoxy) is 1. The molecular formula is C15H20F2N2O2.